The summed E-state index contributed by atoms with van der Waals surface area (Å²) >= 11 is 0. The van der Waals surface area contributed by atoms with Crippen LogP contribution in [-0.2, 0) is 24.1 Å². The van der Waals surface area contributed by atoms with Gasteiger partial charge in [0.15, 0.2) is 0 Å². The molecule has 0 aliphatic carbocycles. The lowest BCUT2D eigenvalue weighted by molar-refractivity contribution is -0.480. The summed E-state index contributed by atoms with van der Waals surface area (Å²) in [6.07, 6.45) is 0.489. The molecule has 7 nitrogen and oxygen atoms in total. The van der Waals surface area contributed by atoms with Gasteiger partial charge in [-0.25, -0.2) is 13.2 Å². The predicted octanol–water partition coefficient (Wildman–Crippen LogP) is 0.345. The van der Waals surface area contributed by atoms with Crippen LogP contribution >= 0.6 is 0 Å². The van der Waals surface area contributed by atoms with Gasteiger partial charge in [-0.05, 0) is 27.7 Å². The molecule has 0 amide bonds. The fraction of sp³-hybridized carbons (Fsp3) is 0.727. The van der Waals surface area contributed by atoms with Crippen LogP contribution in [0.25, 0.3) is 0 Å². The van der Waals surface area contributed by atoms with Crippen molar-refractivity contribution >= 4 is 16.4 Å². The van der Waals surface area contributed by atoms with E-state index in [0.717, 1.165) is 6.42 Å². The number of hydrogen-bond donors (Lipinski definition) is 1. The average Bonchev–Trinajstić information content (AvgIpc) is 2.12. The lowest BCUT2D eigenvalue weighted by Gasteiger charge is -2.20. The van der Waals surface area contributed by atoms with Crippen molar-refractivity contribution in [2.75, 3.05) is 0 Å². The summed E-state index contributed by atoms with van der Waals surface area (Å²) in [5, 5.41) is 0. The third-order valence-corrected chi connectivity index (χ3v) is 2.13. The molecule has 0 radical (unpaired) electrons. The molecule has 114 valence electrons. The van der Waals surface area contributed by atoms with Gasteiger partial charge >= 0.3 is 5.97 Å². The molecule has 0 heterocycles. The fourth-order valence-electron chi connectivity index (χ4n) is 0.641. The van der Waals surface area contributed by atoms with E-state index in [0.29, 0.717) is 5.57 Å². The third-order valence-electron chi connectivity index (χ3n) is 1.43. The Hall–Kier alpha value is -0.960. The molecule has 0 aromatic carbocycles. The number of esters is 1. The zero-order chi connectivity index (χ0) is 15.9. The minimum absolute atomic E-state index is 0.246. The van der Waals surface area contributed by atoms with Crippen molar-refractivity contribution in [3.8, 4) is 0 Å². The Morgan fingerprint density at radius 3 is 2.00 bits per heavy atom. The van der Waals surface area contributed by atoms with Crippen molar-refractivity contribution in [3.63, 3.8) is 0 Å². The molecule has 0 saturated carbocycles. The summed E-state index contributed by atoms with van der Waals surface area (Å²) in [6.45, 7) is 11.4. The minimum atomic E-state index is -4.53. The van der Waals surface area contributed by atoms with Gasteiger partial charge in [-0.2, -0.15) is 0 Å². The van der Waals surface area contributed by atoms with Crippen LogP contribution in [-0.4, -0.2) is 30.8 Å². The molecular weight excluding hydrogens is 274 g/mol. The van der Waals surface area contributed by atoms with E-state index in [2.05, 4.69) is 16.5 Å². The highest BCUT2D eigenvalue weighted by molar-refractivity contribution is 7.80. The highest BCUT2D eigenvalue weighted by Gasteiger charge is 2.13. The van der Waals surface area contributed by atoms with Crippen molar-refractivity contribution in [2.45, 2.75) is 52.9 Å². The zero-order valence-electron chi connectivity index (χ0n) is 12.1. The Morgan fingerprint density at radius 1 is 1.42 bits per heavy atom. The van der Waals surface area contributed by atoms with E-state index in [1.165, 1.54) is 20.8 Å². The molecule has 0 bridgehead atoms. The van der Waals surface area contributed by atoms with Crippen molar-refractivity contribution in [2.24, 2.45) is 0 Å². The molecule has 1 unspecified atom stereocenters. The third kappa shape index (κ3) is 17.0. The maximum Gasteiger partial charge on any atom is 0.337 e. The van der Waals surface area contributed by atoms with Crippen LogP contribution < -0.4 is 5.73 Å². The molecule has 0 spiro atoms. The quantitative estimate of drug-likeness (QED) is 0.263. The number of ether oxygens (including phenoxy) is 1. The standard InChI is InChI=1S/C7H13NO2.C4H10O4S/c1-4-6(8)10-7(9)5(2)3;1-4(2,3)8-9(5,6)7/h6H,2,4,8H2,1,3H3;1-3H3,(H,5,6,7). The Kier molecular flexibility index (Phi) is 8.85. The topological polar surface area (TPSA) is 120 Å². The molecule has 0 aromatic heterocycles. The van der Waals surface area contributed by atoms with Gasteiger partial charge in [-0.1, -0.05) is 13.5 Å². The van der Waals surface area contributed by atoms with Gasteiger partial charge in [0, 0.05) is 12.0 Å². The smallest absolute Gasteiger partial charge is 0.337 e. The van der Waals surface area contributed by atoms with Gasteiger partial charge < -0.3 is 15.0 Å². The molecule has 1 atom stereocenters. The van der Waals surface area contributed by atoms with E-state index in [4.69, 9.17) is 4.74 Å². The van der Waals surface area contributed by atoms with Crippen LogP contribution in [0, 0.1) is 0 Å². The van der Waals surface area contributed by atoms with Crippen LogP contribution in [0.4, 0.5) is 0 Å². The molecule has 0 saturated heterocycles. The Morgan fingerprint density at radius 2 is 1.84 bits per heavy atom. The van der Waals surface area contributed by atoms with Crippen LogP contribution in [0.2, 0.25) is 0 Å². The van der Waals surface area contributed by atoms with Crippen LogP contribution in [0.15, 0.2) is 12.2 Å². The van der Waals surface area contributed by atoms with Crippen molar-refractivity contribution < 1.29 is 32.4 Å². The first-order valence-corrected chi connectivity index (χ1v) is 6.98. The van der Waals surface area contributed by atoms with E-state index in [9.17, 15) is 17.8 Å². The summed E-state index contributed by atoms with van der Waals surface area (Å²) in [5.41, 5.74) is 3.10. The first kappa shape index (κ1) is 20.4. The van der Waals surface area contributed by atoms with E-state index < -0.39 is 16.0 Å². The van der Waals surface area contributed by atoms with E-state index >= 15 is 0 Å². The summed E-state index contributed by atoms with van der Waals surface area (Å²) in [4.78, 5) is 10.8. The minimum Gasteiger partial charge on any atom is -0.726 e. The molecule has 0 aromatic rings. The maximum absolute atomic E-state index is 10.8. The van der Waals surface area contributed by atoms with E-state index in [1.807, 2.05) is 6.92 Å². The fourth-order valence-corrected chi connectivity index (χ4v) is 1.25. The number of rotatable bonds is 4. The largest absolute Gasteiger partial charge is 0.726 e. The average molecular weight is 297 g/mol. The van der Waals surface area contributed by atoms with E-state index in [1.54, 1.807) is 6.92 Å². The van der Waals surface area contributed by atoms with Crippen molar-refractivity contribution in [1.29, 1.82) is 0 Å². The van der Waals surface area contributed by atoms with Crippen LogP contribution in [0.5, 0.6) is 0 Å². The highest BCUT2D eigenvalue weighted by Crippen LogP contribution is 2.09. The van der Waals surface area contributed by atoms with Crippen LogP contribution in [0.1, 0.15) is 41.0 Å². The Bertz CT molecular complexity index is 396. The number of carbonyl (C=O) groups is 1. The van der Waals surface area contributed by atoms with Gasteiger partial charge in [0.25, 0.3) is 0 Å². The number of quaternary nitrogens is 1. The van der Waals surface area contributed by atoms with Gasteiger partial charge in [0.2, 0.25) is 16.6 Å². The lowest BCUT2D eigenvalue weighted by Crippen LogP contribution is -2.62. The molecule has 0 fully saturated rings. The molecule has 8 heteroatoms. The van der Waals surface area contributed by atoms with E-state index in [-0.39, 0.29) is 12.2 Å². The first-order valence-electron chi connectivity index (χ1n) is 5.64. The summed E-state index contributed by atoms with van der Waals surface area (Å²) in [5.74, 6) is -0.359. The SMILES string of the molecule is C=C(C)C(=O)OC([NH3+])CC.CC(C)(C)OS(=O)(=O)[O-]. The normalized spacial score (nSPS) is 13.0. The summed E-state index contributed by atoms with van der Waals surface area (Å²) in [6, 6.07) is 0. The molecular formula is C11H23NO6S. The summed E-state index contributed by atoms with van der Waals surface area (Å²) < 4.78 is 38.5. The zero-order valence-corrected chi connectivity index (χ0v) is 12.9. The maximum atomic E-state index is 10.8. The second-order valence-corrected chi connectivity index (χ2v) is 5.80. The Balaban J connectivity index is 0. The molecule has 19 heavy (non-hydrogen) atoms. The van der Waals surface area contributed by atoms with Crippen molar-refractivity contribution in [3.05, 3.63) is 12.2 Å². The lowest BCUT2D eigenvalue weighted by atomic mass is 10.2. The Labute approximate surface area is 114 Å². The van der Waals surface area contributed by atoms with Gasteiger partial charge in [-0.15, -0.1) is 0 Å². The molecule has 0 rings (SSSR count). The summed E-state index contributed by atoms with van der Waals surface area (Å²) in [7, 11) is -4.53. The number of carbonyl (C=O) groups excluding carboxylic acids is 1. The molecule has 0 aliphatic heterocycles. The first-order chi connectivity index (χ1) is 8.28. The van der Waals surface area contributed by atoms with Gasteiger partial charge in [0.05, 0.1) is 5.60 Å². The second-order valence-electron chi connectivity index (χ2n) is 4.82. The van der Waals surface area contributed by atoms with Gasteiger partial charge in [-0.3, -0.25) is 4.18 Å². The van der Waals surface area contributed by atoms with Crippen molar-refractivity contribution in [1.82, 2.24) is 0 Å². The second kappa shape index (κ2) is 8.26. The van der Waals surface area contributed by atoms with Gasteiger partial charge in [0.1, 0.15) is 0 Å². The highest BCUT2D eigenvalue weighted by atomic mass is 32.3. The predicted molar refractivity (Wildman–Crippen MR) is 68.4 cm³/mol. The van der Waals surface area contributed by atoms with Crippen LogP contribution in [0.3, 0.4) is 0 Å². The molecule has 0 aliphatic rings. The number of hydrogen-bond acceptors (Lipinski definition) is 6. The monoisotopic (exact) mass is 297 g/mol. The molecule has 3 N–H and O–H groups in total.